The molecule has 0 radical (unpaired) electrons. The minimum absolute atomic E-state index is 0.425. The summed E-state index contributed by atoms with van der Waals surface area (Å²) in [7, 11) is 0. The molecule has 1 aromatic carbocycles. The van der Waals surface area contributed by atoms with Crippen molar-refractivity contribution in [2.45, 2.75) is 70.6 Å². The Morgan fingerprint density at radius 2 is 1.67 bits per heavy atom. The molecule has 0 bridgehead atoms. The first-order valence-corrected chi connectivity index (χ1v) is 8.54. The number of Topliss-reactive ketones (excluding diaryl/α,β-unsaturated/α-hetero) is 1. The number of ketones is 1. The maximum absolute atomic E-state index is 11.3. The van der Waals surface area contributed by atoms with Gasteiger partial charge in [-0.15, -0.1) is 0 Å². The summed E-state index contributed by atoms with van der Waals surface area (Å²) in [5, 5.41) is 0. The fourth-order valence-corrected chi connectivity index (χ4v) is 3.00. The van der Waals surface area contributed by atoms with Gasteiger partial charge in [0.05, 0.1) is 6.61 Å². The quantitative estimate of drug-likeness (QED) is 0.610. The molecule has 0 N–H and O–H groups in total. The van der Waals surface area contributed by atoms with E-state index in [1.807, 2.05) is 0 Å². The monoisotopic (exact) mass is 288 g/mol. The van der Waals surface area contributed by atoms with Crippen LogP contribution < -0.4 is 4.74 Å². The first kappa shape index (κ1) is 16.1. The average molecular weight is 288 g/mol. The molecule has 2 rings (SSSR count). The Balaban J connectivity index is 1.70. The number of rotatable bonds is 8. The molecule has 1 aliphatic carbocycles. The number of carbonyl (C=O) groups is 1. The van der Waals surface area contributed by atoms with E-state index in [0.717, 1.165) is 44.5 Å². The largest absolute Gasteiger partial charge is 0.494 e. The smallest absolute Gasteiger partial charge is 0.132 e. The van der Waals surface area contributed by atoms with Gasteiger partial charge in [0.2, 0.25) is 0 Å². The van der Waals surface area contributed by atoms with Crippen molar-refractivity contribution in [1.82, 2.24) is 0 Å². The molecule has 0 unspecified atom stereocenters. The first-order valence-electron chi connectivity index (χ1n) is 8.54. The SMILES string of the molecule is CCCCCCCOc1ccc(C2CCC(=O)CC2)cc1. The second-order valence-electron chi connectivity index (χ2n) is 6.14. The highest BCUT2D eigenvalue weighted by Gasteiger charge is 2.19. The number of hydrogen-bond donors (Lipinski definition) is 0. The van der Waals surface area contributed by atoms with E-state index in [0.29, 0.717) is 11.7 Å². The Morgan fingerprint density at radius 1 is 1.00 bits per heavy atom. The highest BCUT2D eigenvalue weighted by atomic mass is 16.5. The van der Waals surface area contributed by atoms with Gasteiger partial charge in [0.1, 0.15) is 11.5 Å². The van der Waals surface area contributed by atoms with Crippen LogP contribution in [0, 0.1) is 0 Å². The van der Waals surface area contributed by atoms with Crippen molar-refractivity contribution >= 4 is 5.78 Å². The molecule has 0 atom stereocenters. The molecule has 0 heterocycles. The van der Waals surface area contributed by atoms with Gasteiger partial charge in [0.25, 0.3) is 0 Å². The molecular formula is C19H28O2. The summed E-state index contributed by atoms with van der Waals surface area (Å²) in [6.07, 6.45) is 9.87. The fourth-order valence-electron chi connectivity index (χ4n) is 3.00. The molecule has 0 spiro atoms. The van der Waals surface area contributed by atoms with E-state index in [1.54, 1.807) is 0 Å². The molecule has 116 valence electrons. The van der Waals surface area contributed by atoms with Crippen LogP contribution in [0.25, 0.3) is 0 Å². The van der Waals surface area contributed by atoms with E-state index in [9.17, 15) is 4.79 Å². The van der Waals surface area contributed by atoms with E-state index in [2.05, 4.69) is 31.2 Å². The summed E-state index contributed by atoms with van der Waals surface area (Å²) in [5.41, 5.74) is 1.36. The van der Waals surface area contributed by atoms with Crippen LogP contribution in [0.3, 0.4) is 0 Å². The summed E-state index contributed by atoms with van der Waals surface area (Å²) in [6.45, 7) is 3.06. The number of carbonyl (C=O) groups excluding carboxylic acids is 1. The van der Waals surface area contributed by atoms with Crippen molar-refractivity contribution in [3.63, 3.8) is 0 Å². The zero-order chi connectivity index (χ0) is 14.9. The summed E-state index contributed by atoms with van der Waals surface area (Å²) in [4.78, 5) is 11.3. The third kappa shape index (κ3) is 5.53. The second-order valence-corrected chi connectivity index (χ2v) is 6.14. The Morgan fingerprint density at radius 3 is 2.33 bits per heavy atom. The van der Waals surface area contributed by atoms with E-state index >= 15 is 0 Å². The predicted molar refractivity (Wildman–Crippen MR) is 86.9 cm³/mol. The van der Waals surface area contributed by atoms with Crippen LogP contribution in [-0.4, -0.2) is 12.4 Å². The number of unbranched alkanes of at least 4 members (excludes halogenated alkanes) is 4. The van der Waals surface area contributed by atoms with Crippen LogP contribution in [0.4, 0.5) is 0 Å². The average Bonchev–Trinajstić information content (AvgIpc) is 2.52. The highest BCUT2D eigenvalue weighted by molar-refractivity contribution is 5.79. The zero-order valence-electron chi connectivity index (χ0n) is 13.3. The lowest BCUT2D eigenvalue weighted by molar-refractivity contribution is -0.120. The summed E-state index contributed by atoms with van der Waals surface area (Å²) in [6, 6.07) is 8.51. The Kier molecular flexibility index (Phi) is 6.78. The van der Waals surface area contributed by atoms with Crippen molar-refractivity contribution in [2.24, 2.45) is 0 Å². The lowest BCUT2D eigenvalue weighted by Gasteiger charge is -2.21. The molecule has 1 aliphatic rings. The summed E-state index contributed by atoms with van der Waals surface area (Å²) < 4.78 is 5.79. The molecule has 1 saturated carbocycles. The molecule has 0 amide bonds. The van der Waals surface area contributed by atoms with Gasteiger partial charge in [0.15, 0.2) is 0 Å². The molecule has 0 aliphatic heterocycles. The standard InChI is InChI=1S/C19H28O2/c1-2-3-4-5-6-15-21-19-13-9-17(10-14-19)16-7-11-18(20)12-8-16/h9-10,13-14,16H,2-8,11-12,15H2,1H3. The molecule has 1 aromatic rings. The van der Waals surface area contributed by atoms with Crippen LogP contribution in [0.2, 0.25) is 0 Å². The molecule has 2 heteroatoms. The van der Waals surface area contributed by atoms with Gasteiger partial charge in [-0.25, -0.2) is 0 Å². The summed E-state index contributed by atoms with van der Waals surface area (Å²) >= 11 is 0. The maximum Gasteiger partial charge on any atom is 0.132 e. The maximum atomic E-state index is 11.3. The molecule has 1 fully saturated rings. The van der Waals surface area contributed by atoms with Crippen LogP contribution in [-0.2, 0) is 4.79 Å². The van der Waals surface area contributed by atoms with Crippen molar-refractivity contribution < 1.29 is 9.53 Å². The van der Waals surface area contributed by atoms with Crippen molar-refractivity contribution in [1.29, 1.82) is 0 Å². The van der Waals surface area contributed by atoms with Gasteiger partial charge in [-0.05, 0) is 42.9 Å². The second kappa shape index (κ2) is 8.86. The van der Waals surface area contributed by atoms with Gasteiger partial charge in [-0.1, -0.05) is 44.7 Å². The van der Waals surface area contributed by atoms with E-state index < -0.39 is 0 Å². The van der Waals surface area contributed by atoms with E-state index in [1.165, 1.54) is 31.2 Å². The highest BCUT2D eigenvalue weighted by Crippen LogP contribution is 2.31. The van der Waals surface area contributed by atoms with Gasteiger partial charge in [-0.2, -0.15) is 0 Å². The topological polar surface area (TPSA) is 26.3 Å². The lowest BCUT2D eigenvalue weighted by atomic mass is 9.83. The Hall–Kier alpha value is -1.31. The molecule has 0 saturated heterocycles. The van der Waals surface area contributed by atoms with Gasteiger partial charge < -0.3 is 4.74 Å². The number of ether oxygens (including phenoxy) is 1. The normalized spacial score (nSPS) is 16.1. The minimum atomic E-state index is 0.425. The zero-order valence-corrected chi connectivity index (χ0v) is 13.3. The lowest BCUT2D eigenvalue weighted by Crippen LogP contribution is -2.12. The molecule has 2 nitrogen and oxygen atoms in total. The van der Waals surface area contributed by atoms with Crippen molar-refractivity contribution in [2.75, 3.05) is 6.61 Å². The molecule has 21 heavy (non-hydrogen) atoms. The Labute approximate surface area is 128 Å². The number of hydrogen-bond acceptors (Lipinski definition) is 2. The third-order valence-electron chi connectivity index (χ3n) is 4.41. The van der Waals surface area contributed by atoms with Gasteiger partial charge >= 0.3 is 0 Å². The van der Waals surface area contributed by atoms with Crippen molar-refractivity contribution in [3.8, 4) is 5.75 Å². The Bertz CT molecular complexity index is 412. The number of benzene rings is 1. The van der Waals surface area contributed by atoms with Gasteiger partial charge in [-0.3, -0.25) is 4.79 Å². The first-order chi connectivity index (χ1) is 10.3. The van der Waals surface area contributed by atoms with Crippen molar-refractivity contribution in [3.05, 3.63) is 29.8 Å². The van der Waals surface area contributed by atoms with Crippen LogP contribution in [0.15, 0.2) is 24.3 Å². The predicted octanol–water partition coefficient (Wildman–Crippen LogP) is 5.26. The fraction of sp³-hybridized carbons (Fsp3) is 0.632. The van der Waals surface area contributed by atoms with E-state index in [4.69, 9.17) is 4.74 Å². The minimum Gasteiger partial charge on any atom is -0.494 e. The summed E-state index contributed by atoms with van der Waals surface area (Å²) in [5.74, 6) is 1.96. The van der Waals surface area contributed by atoms with Gasteiger partial charge in [0, 0.05) is 12.8 Å². The van der Waals surface area contributed by atoms with Crippen LogP contribution in [0.1, 0.15) is 76.2 Å². The molecule has 0 aromatic heterocycles. The molecular weight excluding hydrogens is 260 g/mol. The third-order valence-corrected chi connectivity index (χ3v) is 4.41. The van der Waals surface area contributed by atoms with E-state index in [-0.39, 0.29) is 0 Å². The van der Waals surface area contributed by atoms with Crippen LogP contribution >= 0.6 is 0 Å². The van der Waals surface area contributed by atoms with Crippen LogP contribution in [0.5, 0.6) is 5.75 Å².